The van der Waals surface area contributed by atoms with E-state index in [0.717, 1.165) is 24.1 Å². The largest absolute Gasteiger partial charge is 0.481 e. The predicted molar refractivity (Wildman–Crippen MR) is 94.8 cm³/mol. The van der Waals surface area contributed by atoms with Crippen LogP contribution in [-0.2, 0) is 11.3 Å². The van der Waals surface area contributed by atoms with E-state index in [2.05, 4.69) is 10.4 Å². The zero-order valence-corrected chi connectivity index (χ0v) is 14.6. The van der Waals surface area contributed by atoms with E-state index < -0.39 is 6.10 Å². The van der Waals surface area contributed by atoms with Crippen LogP contribution in [-0.4, -0.2) is 28.3 Å². The highest BCUT2D eigenvalue weighted by atomic mass is 16.5. The maximum atomic E-state index is 12.1. The van der Waals surface area contributed by atoms with Gasteiger partial charge in [-0.15, -0.1) is 0 Å². The molecule has 6 heteroatoms. The normalized spacial score (nSPS) is 14.8. The van der Waals surface area contributed by atoms with Gasteiger partial charge in [-0.1, -0.05) is 12.1 Å². The van der Waals surface area contributed by atoms with Crippen LogP contribution in [0.3, 0.4) is 0 Å². The van der Waals surface area contributed by atoms with Crippen LogP contribution in [0.5, 0.6) is 5.75 Å². The Morgan fingerprint density at radius 3 is 2.88 bits per heavy atom. The summed E-state index contributed by atoms with van der Waals surface area (Å²) >= 11 is 0. The number of hydrogen-bond acceptors (Lipinski definition) is 4. The van der Waals surface area contributed by atoms with Crippen LogP contribution < -0.4 is 15.6 Å². The van der Waals surface area contributed by atoms with Crippen molar-refractivity contribution in [1.29, 1.82) is 0 Å². The van der Waals surface area contributed by atoms with Crippen molar-refractivity contribution in [3.8, 4) is 5.75 Å². The molecular formula is C19H23N3O3. The number of nitrogens with zero attached hydrogens (tertiary/aromatic N) is 2. The zero-order chi connectivity index (χ0) is 17.8. The second kappa shape index (κ2) is 7.51. The van der Waals surface area contributed by atoms with Gasteiger partial charge in [-0.05, 0) is 50.5 Å². The first-order valence-electron chi connectivity index (χ1n) is 8.62. The molecule has 1 atom stereocenters. The van der Waals surface area contributed by atoms with Gasteiger partial charge >= 0.3 is 0 Å². The lowest BCUT2D eigenvalue weighted by Crippen LogP contribution is -2.39. The van der Waals surface area contributed by atoms with Gasteiger partial charge in [-0.3, -0.25) is 9.59 Å². The van der Waals surface area contributed by atoms with E-state index in [9.17, 15) is 9.59 Å². The fourth-order valence-corrected chi connectivity index (χ4v) is 2.60. The standard InChI is InChI=1S/C19H23N3O3/c1-13-4-3-5-16(12-13)25-14(2)19(24)20-10-11-22-18(23)9-8-17(21-22)15-6-7-15/h3-5,8-9,12,14-15H,6-7,10-11H2,1-2H3,(H,20,24)/t14-/m0/s1. The van der Waals surface area contributed by atoms with Gasteiger partial charge in [0, 0.05) is 18.5 Å². The molecule has 1 N–H and O–H groups in total. The van der Waals surface area contributed by atoms with Crippen molar-refractivity contribution in [3.05, 3.63) is 58.0 Å². The fourth-order valence-electron chi connectivity index (χ4n) is 2.60. The van der Waals surface area contributed by atoms with Crippen LogP contribution in [0.4, 0.5) is 0 Å². The average molecular weight is 341 g/mol. The molecule has 1 aromatic carbocycles. The number of nitrogens with one attached hydrogen (secondary N) is 1. The SMILES string of the molecule is Cc1cccc(O[C@@H](C)C(=O)NCCn2nc(C3CC3)ccc2=O)c1. The lowest BCUT2D eigenvalue weighted by atomic mass is 10.2. The van der Waals surface area contributed by atoms with Crippen LogP contribution in [0.15, 0.2) is 41.2 Å². The predicted octanol–water partition coefficient (Wildman–Crippen LogP) is 2.01. The molecule has 1 aromatic heterocycles. The Labute approximate surface area is 146 Å². The highest BCUT2D eigenvalue weighted by molar-refractivity contribution is 5.80. The summed E-state index contributed by atoms with van der Waals surface area (Å²) in [7, 11) is 0. The summed E-state index contributed by atoms with van der Waals surface area (Å²) in [5.41, 5.74) is 1.89. The van der Waals surface area contributed by atoms with Crippen molar-refractivity contribution in [2.75, 3.05) is 6.54 Å². The van der Waals surface area contributed by atoms with E-state index in [1.165, 1.54) is 4.68 Å². The second-order valence-corrected chi connectivity index (χ2v) is 6.46. The number of hydrogen-bond donors (Lipinski definition) is 1. The summed E-state index contributed by atoms with van der Waals surface area (Å²) in [5.74, 6) is 0.940. The lowest BCUT2D eigenvalue weighted by Gasteiger charge is -2.15. The van der Waals surface area contributed by atoms with Gasteiger partial charge in [0.05, 0.1) is 12.2 Å². The highest BCUT2D eigenvalue weighted by Crippen LogP contribution is 2.38. The fraction of sp³-hybridized carbons (Fsp3) is 0.421. The van der Waals surface area contributed by atoms with Crippen molar-refractivity contribution in [2.24, 2.45) is 0 Å². The number of benzene rings is 1. The summed E-state index contributed by atoms with van der Waals surface area (Å²) in [6, 6.07) is 10.9. The first kappa shape index (κ1) is 17.2. The maximum Gasteiger partial charge on any atom is 0.266 e. The summed E-state index contributed by atoms with van der Waals surface area (Å²) in [6.45, 7) is 4.36. The van der Waals surface area contributed by atoms with Gasteiger partial charge in [0.25, 0.3) is 11.5 Å². The molecule has 0 aliphatic heterocycles. The maximum absolute atomic E-state index is 12.1. The van der Waals surface area contributed by atoms with Gasteiger partial charge in [0.2, 0.25) is 0 Å². The molecule has 1 aliphatic rings. The summed E-state index contributed by atoms with van der Waals surface area (Å²) in [6.07, 6.45) is 1.66. The Balaban J connectivity index is 1.50. The molecular weight excluding hydrogens is 318 g/mol. The Morgan fingerprint density at radius 2 is 2.16 bits per heavy atom. The molecule has 0 saturated heterocycles. The van der Waals surface area contributed by atoms with Gasteiger partial charge in [-0.2, -0.15) is 5.10 Å². The average Bonchev–Trinajstić information content (AvgIpc) is 3.41. The van der Waals surface area contributed by atoms with Gasteiger partial charge < -0.3 is 10.1 Å². The number of carbonyl (C=O) groups excluding carboxylic acids is 1. The molecule has 3 rings (SSSR count). The van der Waals surface area contributed by atoms with E-state index in [-0.39, 0.29) is 11.5 Å². The van der Waals surface area contributed by atoms with Crippen LogP contribution in [0.1, 0.15) is 36.9 Å². The smallest absolute Gasteiger partial charge is 0.266 e. The molecule has 1 aliphatic carbocycles. The van der Waals surface area contributed by atoms with E-state index >= 15 is 0 Å². The van der Waals surface area contributed by atoms with Crippen molar-refractivity contribution in [1.82, 2.24) is 15.1 Å². The quantitative estimate of drug-likeness (QED) is 0.836. The van der Waals surface area contributed by atoms with E-state index in [4.69, 9.17) is 4.74 Å². The first-order chi connectivity index (χ1) is 12.0. The third kappa shape index (κ3) is 4.68. The molecule has 132 valence electrons. The number of aromatic nitrogens is 2. The second-order valence-electron chi connectivity index (χ2n) is 6.46. The number of carbonyl (C=O) groups is 1. The Hall–Kier alpha value is -2.63. The molecule has 0 unspecified atom stereocenters. The van der Waals surface area contributed by atoms with E-state index in [1.807, 2.05) is 31.2 Å². The number of rotatable bonds is 7. The van der Waals surface area contributed by atoms with Crippen molar-refractivity contribution >= 4 is 5.91 Å². The molecule has 1 saturated carbocycles. The van der Waals surface area contributed by atoms with Gasteiger partial charge in [-0.25, -0.2) is 4.68 Å². The number of amides is 1. The Kier molecular flexibility index (Phi) is 5.16. The molecule has 0 bridgehead atoms. The van der Waals surface area contributed by atoms with E-state index in [0.29, 0.717) is 24.8 Å². The molecule has 0 spiro atoms. The topological polar surface area (TPSA) is 73.2 Å². The molecule has 1 heterocycles. The van der Waals surface area contributed by atoms with Crippen molar-refractivity contribution in [3.63, 3.8) is 0 Å². The zero-order valence-electron chi connectivity index (χ0n) is 14.6. The molecule has 1 amide bonds. The lowest BCUT2D eigenvalue weighted by molar-refractivity contribution is -0.127. The summed E-state index contributed by atoms with van der Waals surface area (Å²) in [5, 5.41) is 7.17. The molecule has 25 heavy (non-hydrogen) atoms. The number of ether oxygens (including phenoxy) is 1. The Bertz CT molecular complexity index is 812. The summed E-state index contributed by atoms with van der Waals surface area (Å²) < 4.78 is 7.06. The third-order valence-electron chi connectivity index (χ3n) is 4.18. The third-order valence-corrected chi connectivity index (χ3v) is 4.18. The van der Waals surface area contributed by atoms with Gasteiger partial charge in [0.1, 0.15) is 5.75 Å². The van der Waals surface area contributed by atoms with Crippen molar-refractivity contribution in [2.45, 2.75) is 45.3 Å². The van der Waals surface area contributed by atoms with Crippen molar-refractivity contribution < 1.29 is 9.53 Å². The number of aryl methyl sites for hydroxylation is 1. The molecule has 2 aromatic rings. The highest BCUT2D eigenvalue weighted by Gasteiger charge is 2.25. The van der Waals surface area contributed by atoms with Crippen LogP contribution in [0.25, 0.3) is 0 Å². The van der Waals surface area contributed by atoms with Crippen LogP contribution in [0.2, 0.25) is 0 Å². The molecule has 1 fully saturated rings. The van der Waals surface area contributed by atoms with Crippen LogP contribution >= 0.6 is 0 Å². The first-order valence-corrected chi connectivity index (χ1v) is 8.62. The molecule has 6 nitrogen and oxygen atoms in total. The van der Waals surface area contributed by atoms with Gasteiger partial charge in [0.15, 0.2) is 6.10 Å². The van der Waals surface area contributed by atoms with Crippen LogP contribution in [0, 0.1) is 6.92 Å². The minimum Gasteiger partial charge on any atom is -0.481 e. The minimum absolute atomic E-state index is 0.150. The summed E-state index contributed by atoms with van der Waals surface area (Å²) in [4.78, 5) is 24.0. The van der Waals surface area contributed by atoms with E-state index in [1.54, 1.807) is 19.1 Å². The monoisotopic (exact) mass is 341 g/mol. The minimum atomic E-state index is -0.607. The Morgan fingerprint density at radius 1 is 1.36 bits per heavy atom. The molecule has 0 radical (unpaired) electrons.